The van der Waals surface area contributed by atoms with E-state index in [0.29, 0.717) is 31.0 Å². The molecule has 0 radical (unpaired) electrons. The van der Waals surface area contributed by atoms with Gasteiger partial charge in [-0.15, -0.1) is 10.2 Å². The fourth-order valence-electron chi connectivity index (χ4n) is 5.13. The number of benzene rings is 5. The van der Waals surface area contributed by atoms with Crippen LogP contribution in [-0.2, 0) is 40.2 Å². The van der Waals surface area contributed by atoms with Crippen molar-refractivity contribution in [2.24, 2.45) is 10.2 Å². The number of phenols is 1. The molecule has 0 aliphatic carbocycles. The number of nitrogens with one attached hydrogen (secondary N) is 1. The minimum Gasteiger partial charge on any atom is -0.744 e. The van der Waals surface area contributed by atoms with Crippen molar-refractivity contribution in [3.8, 4) is 5.75 Å². The first kappa shape index (κ1) is 37.4. The second kappa shape index (κ2) is 13.7. The minimum absolute atomic E-state index is 0.0141. The van der Waals surface area contributed by atoms with E-state index in [1.54, 1.807) is 13.0 Å². The number of azo groups is 1. The number of hydrogen-bond acceptors (Lipinski definition) is 15. The molecule has 1 amide bonds. The second-order valence-corrected chi connectivity index (χ2v) is 17.1. The Morgan fingerprint density at radius 2 is 1.41 bits per heavy atom. The van der Waals surface area contributed by atoms with Crippen LogP contribution in [-0.4, -0.2) is 64.1 Å². The van der Waals surface area contributed by atoms with E-state index in [4.69, 9.17) is 0 Å². The predicted octanol–water partition coefficient (Wildman–Crippen LogP) is 4.65. The molecular formula is C31H24N3O13S4-3. The van der Waals surface area contributed by atoms with Crippen LogP contribution in [0.1, 0.15) is 30.1 Å². The van der Waals surface area contributed by atoms with Gasteiger partial charge >= 0.3 is 0 Å². The molecule has 268 valence electrons. The Kier molecular flexibility index (Phi) is 10.1. The fourth-order valence-corrected chi connectivity index (χ4v) is 8.62. The van der Waals surface area contributed by atoms with Crippen LogP contribution in [0.2, 0.25) is 0 Å². The van der Waals surface area contributed by atoms with Crippen LogP contribution in [0.15, 0.2) is 109 Å². The number of fused-ring (bicyclic) bond motifs is 2. The molecule has 0 atom stereocenters. The second-order valence-electron chi connectivity index (χ2n) is 11.0. The van der Waals surface area contributed by atoms with Gasteiger partial charge in [-0.2, -0.15) is 0 Å². The van der Waals surface area contributed by atoms with Gasteiger partial charge in [0.1, 0.15) is 41.7 Å². The van der Waals surface area contributed by atoms with Crippen LogP contribution in [0, 0.1) is 0 Å². The zero-order chi connectivity index (χ0) is 37.5. The molecule has 0 heterocycles. The van der Waals surface area contributed by atoms with Crippen LogP contribution >= 0.6 is 0 Å². The number of carbonyl (C=O) groups is 1. The maximum absolute atomic E-state index is 13.0. The fraction of sp³-hybridized carbons (Fsp3) is 0.129. The van der Waals surface area contributed by atoms with Crippen LogP contribution in [0.4, 0.5) is 17.1 Å². The Balaban J connectivity index is 1.74. The Morgan fingerprint density at radius 1 is 0.745 bits per heavy atom. The SMILES string of the molecule is CCCCS(=O)(=O)c1ccc2c(S(=O)(=O)[O-])c(N=Nc3c(S(=O)(=O)[O-])cc4cc(S(=O)(=O)[O-])cc(NC(=O)c5ccccc5)c4c3O)ccc2c1. The molecule has 0 spiro atoms. The number of unbranched alkanes of at least 4 members (excludes halogenated alkanes) is 1. The van der Waals surface area contributed by atoms with E-state index in [-0.39, 0.29) is 27.0 Å². The van der Waals surface area contributed by atoms with Crippen molar-refractivity contribution in [2.75, 3.05) is 11.1 Å². The number of hydrogen-bond donors (Lipinski definition) is 2. The van der Waals surface area contributed by atoms with Gasteiger partial charge < -0.3 is 24.1 Å². The van der Waals surface area contributed by atoms with Gasteiger partial charge in [-0.3, -0.25) is 4.79 Å². The zero-order valence-corrected chi connectivity index (χ0v) is 29.3. The predicted molar refractivity (Wildman–Crippen MR) is 179 cm³/mol. The lowest BCUT2D eigenvalue weighted by Gasteiger charge is -2.18. The molecule has 51 heavy (non-hydrogen) atoms. The molecule has 0 saturated carbocycles. The molecule has 0 saturated heterocycles. The highest BCUT2D eigenvalue weighted by atomic mass is 32.2. The Morgan fingerprint density at radius 3 is 2.02 bits per heavy atom. The van der Waals surface area contributed by atoms with E-state index in [2.05, 4.69) is 15.5 Å². The summed E-state index contributed by atoms with van der Waals surface area (Å²) in [6.45, 7) is 1.80. The zero-order valence-electron chi connectivity index (χ0n) is 26.0. The lowest BCUT2D eigenvalue weighted by atomic mass is 10.1. The number of amides is 1. The molecule has 16 nitrogen and oxygen atoms in total. The molecule has 0 fully saturated rings. The van der Waals surface area contributed by atoms with Crippen molar-refractivity contribution in [1.82, 2.24) is 0 Å². The summed E-state index contributed by atoms with van der Waals surface area (Å²) in [7, 11) is -20.0. The van der Waals surface area contributed by atoms with Gasteiger partial charge in [0.05, 0.1) is 31.0 Å². The third kappa shape index (κ3) is 7.91. The number of aromatic hydroxyl groups is 1. The average molecular weight is 775 g/mol. The first-order chi connectivity index (χ1) is 23.7. The van der Waals surface area contributed by atoms with E-state index in [1.165, 1.54) is 30.3 Å². The highest BCUT2D eigenvalue weighted by molar-refractivity contribution is 7.91. The Labute approximate surface area is 291 Å². The van der Waals surface area contributed by atoms with Crippen LogP contribution in [0.5, 0.6) is 5.75 Å². The number of nitrogens with zero attached hydrogens (tertiary/aromatic N) is 2. The van der Waals surface area contributed by atoms with Crippen molar-refractivity contribution in [3.05, 3.63) is 84.4 Å². The summed E-state index contributed by atoms with van der Waals surface area (Å²) in [4.78, 5) is 9.59. The van der Waals surface area contributed by atoms with E-state index in [1.807, 2.05) is 0 Å². The van der Waals surface area contributed by atoms with Crippen molar-refractivity contribution >= 4 is 84.7 Å². The first-order valence-electron chi connectivity index (χ1n) is 14.5. The van der Waals surface area contributed by atoms with E-state index < -0.39 is 94.4 Å². The quantitative estimate of drug-likeness (QED) is 0.137. The number of phenolic OH excluding ortho intramolecular Hbond substituents is 1. The van der Waals surface area contributed by atoms with Gasteiger partial charge in [-0.05, 0) is 65.7 Å². The van der Waals surface area contributed by atoms with Crippen molar-refractivity contribution in [2.45, 2.75) is 39.3 Å². The highest BCUT2D eigenvalue weighted by Gasteiger charge is 2.24. The number of carbonyl (C=O) groups excluding carboxylic acids is 1. The smallest absolute Gasteiger partial charge is 0.255 e. The third-order valence-electron chi connectivity index (χ3n) is 7.52. The number of rotatable bonds is 11. The molecule has 20 heteroatoms. The van der Waals surface area contributed by atoms with Gasteiger partial charge in [0.2, 0.25) is 0 Å². The third-order valence-corrected chi connectivity index (χ3v) is 11.9. The average Bonchev–Trinajstić information content (AvgIpc) is 3.05. The van der Waals surface area contributed by atoms with Crippen LogP contribution < -0.4 is 5.32 Å². The Hall–Kier alpha value is -4.83. The van der Waals surface area contributed by atoms with Crippen LogP contribution in [0.25, 0.3) is 21.5 Å². The molecule has 0 aliphatic rings. The first-order valence-corrected chi connectivity index (χ1v) is 20.4. The molecule has 0 aromatic heterocycles. The molecule has 2 N–H and O–H groups in total. The molecule has 5 aromatic carbocycles. The van der Waals surface area contributed by atoms with E-state index in [0.717, 1.165) is 24.3 Å². The Bertz CT molecular complexity index is 2720. The summed E-state index contributed by atoms with van der Waals surface area (Å²) in [5.41, 5.74) is -2.28. The molecular weight excluding hydrogens is 751 g/mol. The maximum Gasteiger partial charge on any atom is 0.255 e. The maximum atomic E-state index is 13.0. The summed E-state index contributed by atoms with van der Waals surface area (Å²) in [6, 6.07) is 14.8. The lowest BCUT2D eigenvalue weighted by Crippen LogP contribution is -2.13. The molecule has 0 unspecified atom stereocenters. The van der Waals surface area contributed by atoms with E-state index in [9.17, 15) is 57.2 Å². The summed E-state index contributed by atoms with van der Waals surface area (Å²) in [5.74, 6) is -2.21. The molecule has 5 aromatic rings. The van der Waals surface area contributed by atoms with Gasteiger partial charge in [0.25, 0.3) is 5.91 Å². The monoisotopic (exact) mass is 774 g/mol. The summed E-state index contributed by atoms with van der Waals surface area (Å²) < 4.78 is 136. The number of sulfone groups is 1. The van der Waals surface area contributed by atoms with Gasteiger partial charge in [-0.25, -0.2) is 33.7 Å². The summed E-state index contributed by atoms with van der Waals surface area (Å²) in [6.07, 6.45) is 0.955. The minimum atomic E-state index is -5.59. The van der Waals surface area contributed by atoms with Crippen molar-refractivity contribution in [1.29, 1.82) is 0 Å². The van der Waals surface area contributed by atoms with Crippen molar-refractivity contribution in [3.63, 3.8) is 0 Å². The number of anilines is 1. The lowest BCUT2D eigenvalue weighted by molar-refractivity contribution is 0.102. The normalized spacial score (nSPS) is 12.9. The topological polar surface area (TPSA) is 280 Å². The van der Waals surface area contributed by atoms with Gasteiger partial charge in [-0.1, -0.05) is 43.7 Å². The summed E-state index contributed by atoms with van der Waals surface area (Å²) in [5, 5.41) is 19.7. The van der Waals surface area contributed by atoms with Gasteiger partial charge in [0, 0.05) is 16.3 Å². The standard InChI is InChI=1S/C31H27N3O13S4/c1-2-3-13-48(37,38)21-10-11-23-19(14-21)9-12-24(30(23)51(45,46)47)33-34-28-26(50(42,43)44)16-20-15-22(49(39,40)41)17-25(27(20)29(28)35)32-31(36)18-7-5-4-6-8-18/h4-12,14-17,35H,2-3,13H2,1H3,(H,32,36)(H,39,40,41)(H,42,43,44)(H,45,46,47)/p-3. The van der Waals surface area contributed by atoms with E-state index >= 15 is 0 Å². The molecule has 0 bridgehead atoms. The van der Waals surface area contributed by atoms with Gasteiger partial charge in [0.15, 0.2) is 15.6 Å². The van der Waals surface area contributed by atoms with Crippen LogP contribution in [0.3, 0.4) is 0 Å². The molecule has 0 aliphatic heterocycles. The van der Waals surface area contributed by atoms with Crippen molar-refractivity contribution < 1.29 is 57.2 Å². The molecule has 5 rings (SSSR count). The summed E-state index contributed by atoms with van der Waals surface area (Å²) >= 11 is 0. The highest BCUT2D eigenvalue weighted by Crippen LogP contribution is 2.46. The largest absolute Gasteiger partial charge is 0.744 e.